The van der Waals surface area contributed by atoms with Gasteiger partial charge < -0.3 is 14.5 Å². The molecule has 1 aromatic heterocycles. The van der Waals surface area contributed by atoms with Crippen LogP contribution in [-0.4, -0.2) is 29.0 Å². The number of nitrogens with one attached hydrogen (secondary N) is 1. The largest absolute Gasteiger partial charge is 0.495 e. The molecule has 0 aliphatic rings. The molecule has 3 aromatic rings. The first-order valence-electron chi connectivity index (χ1n) is 7.41. The maximum Gasteiger partial charge on any atom is 0.277 e. The summed E-state index contributed by atoms with van der Waals surface area (Å²) in [6, 6.07) is 12.1. The molecule has 0 spiro atoms. The van der Waals surface area contributed by atoms with Crippen LogP contribution in [0.3, 0.4) is 0 Å². The highest BCUT2D eigenvalue weighted by atomic mass is 35.5. The maximum atomic E-state index is 12.1. The number of anilines is 1. The Bertz CT molecular complexity index is 933. The average Bonchev–Trinajstić information content (AvgIpc) is 3.09. The van der Waals surface area contributed by atoms with Crippen LogP contribution < -0.4 is 10.1 Å². The van der Waals surface area contributed by atoms with Crippen molar-refractivity contribution in [1.29, 1.82) is 0 Å². The topological polar surface area (TPSA) is 77.2 Å². The van der Waals surface area contributed by atoms with Crippen molar-refractivity contribution >= 4 is 46.6 Å². The first kappa shape index (κ1) is 18.6. The van der Waals surface area contributed by atoms with Crippen LogP contribution in [-0.2, 0) is 4.79 Å². The smallest absolute Gasteiger partial charge is 0.277 e. The minimum absolute atomic E-state index is 0.0901. The monoisotopic (exact) mass is 409 g/mol. The van der Waals surface area contributed by atoms with Gasteiger partial charge in [0.25, 0.3) is 5.22 Å². The van der Waals surface area contributed by atoms with Gasteiger partial charge in [0.1, 0.15) is 5.75 Å². The fourth-order valence-corrected chi connectivity index (χ4v) is 3.02. The first-order valence-corrected chi connectivity index (χ1v) is 9.15. The molecule has 1 N–H and O–H groups in total. The number of rotatable bonds is 6. The molecule has 134 valence electrons. The highest BCUT2D eigenvalue weighted by molar-refractivity contribution is 7.99. The van der Waals surface area contributed by atoms with Gasteiger partial charge in [0.2, 0.25) is 11.8 Å². The molecule has 0 atom stereocenters. The van der Waals surface area contributed by atoms with Crippen LogP contribution in [0.5, 0.6) is 5.75 Å². The van der Waals surface area contributed by atoms with Gasteiger partial charge in [-0.3, -0.25) is 4.79 Å². The van der Waals surface area contributed by atoms with E-state index in [9.17, 15) is 4.79 Å². The zero-order valence-electron chi connectivity index (χ0n) is 13.5. The normalized spacial score (nSPS) is 10.6. The molecule has 0 aliphatic carbocycles. The molecular formula is C17H13Cl2N3O3S. The van der Waals surface area contributed by atoms with Crippen molar-refractivity contribution in [2.45, 2.75) is 5.22 Å². The third-order valence-electron chi connectivity index (χ3n) is 3.24. The second kappa shape index (κ2) is 8.44. The van der Waals surface area contributed by atoms with Crippen LogP contribution in [0.15, 0.2) is 52.1 Å². The maximum absolute atomic E-state index is 12.1. The zero-order chi connectivity index (χ0) is 18.5. The van der Waals surface area contributed by atoms with Crippen LogP contribution in [0.1, 0.15) is 0 Å². The third-order valence-corrected chi connectivity index (χ3v) is 4.53. The summed E-state index contributed by atoms with van der Waals surface area (Å²) < 4.78 is 10.7. The zero-order valence-corrected chi connectivity index (χ0v) is 15.9. The SMILES string of the molecule is COc1ccc(Cl)cc1NC(=O)CSc1nnc(-c2cccc(Cl)c2)o1. The van der Waals surface area contributed by atoms with Gasteiger partial charge in [-0.1, -0.05) is 41.0 Å². The number of nitrogens with zero attached hydrogens (tertiary/aromatic N) is 2. The summed E-state index contributed by atoms with van der Waals surface area (Å²) in [6.07, 6.45) is 0. The van der Waals surface area contributed by atoms with E-state index < -0.39 is 0 Å². The van der Waals surface area contributed by atoms with Crippen molar-refractivity contribution in [2.75, 3.05) is 18.2 Å². The lowest BCUT2D eigenvalue weighted by Gasteiger charge is -2.09. The molecule has 0 fully saturated rings. The summed E-state index contributed by atoms with van der Waals surface area (Å²) in [4.78, 5) is 12.1. The summed E-state index contributed by atoms with van der Waals surface area (Å²) in [5.41, 5.74) is 1.21. The predicted molar refractivity (Wildman–Crippen MR) is 102 cm³/mol. The molecule has 3 rings (SSSR count). The Morgan fingerprint density at radius 2 is 2.00 bits per heavy atom. The van der Waals surface area contributed by atoms with Crippen molar-refractivity contribution in [2.24, 2.45) is 0 Å². The van der Waals surface area contributed by atoms with Gasteiger partial charge in [-0.2, -0.15) is 0 Å². The van der Waals surface area contributed by atoms with E-state index in [4.69, 9.17) is 32.4 Å². The Labute approximate surface area is 163 Å². The summed E-state index contributed by atoms with van der Waals surface area (Å²) in [5.74, 6) is 0.700. The van der Waals surface area contributed by atoms with Crippen LogP contribution in [0.4, 0.5) is 5.69 Å². The lowest BCUT2D eigenvalue weighted by molar-refractivity contribution is -0.113. The Kier molecular flexibility index (Phi) is 6.03. The number of hydrogen-bond acceptors (Lipinski definition) is 6. The number of halogens is 2. The van der Waals surface area contributed by atoms with Gasteiger partial charge >= 0.3 is 0 Å². The molecule has 0 aliphatic heterocycles. The van der Waals surface area contributed by atoms with E-state index in [-0.39, 0.29) is 16.9 Å². The molecule has 9 heteroatoms. The third kappa shape index (κ3) is 4.69. The van der Waals surface area contributed by atoms with Gasteiger partial charge in [0, 0.05) is 15.6 Å². The number of carbonyl (C=O) groups is 1. The standard InChI is InChI=1S/C17H13Cl2N3O3S/c1-24-14-6-5-12(19)8-13(14)20-15(23)9-26-17-22-21-16(25-17)10-3-2-4-11(18)7-10/h2-8H,9H2,1H3,(H,20,23). The van der Waals surface area contributed by atoms with Gasteiger partial charge in [0.05, 0.1) is 18.6 Å². The minimum Gasteiger partial charge on any atom is -0.495 e. The molecule has 0 saturated heterocycles. The van der Waals surface area contributed by atoms with E-state index in [1.807, 2.05) is 6.07 Å². The van der Waals surface area contributed by atoms with E-state index in [2.05, 4.69) is 15.5 Å². The van der Waals surface area contributed by atoms with Crippen LogP contribution in [0.2, 0.25) is 10.0 Å². The predicted octanol–water partition coefficient (Wildman–Crippen LogP) is 4.78. The van der Waals surface area contributed by atoms with Crippen molar-refractivity contribution < 1.29 is 13.9 Å². The highest BCUT2D eigenvalue weighted by Crippen LogP contribution is 2.29. The number of ether oxygens (including phenoxy) is 1. The first-order chi connectivity index (χ1) is 12.5. The molecule has 1 heterocycles. The van der Waals surface area contributed by atoms with E-state index in [1.165, 1.54) is 7.11 Å². The molecule has 26 heavy (non-hydrogen) atoms. The van der Waals surface area contributed by atoms with Gasteiger partial charge in [-0.25, -0.2) is 0 Å². The van der Waals surface area contributed by atoms with E-state index >= 15 is 0 Å². The number of aromatic nitrogens is 2. The van der Waals surface area contributed by atoms with Gasteiger partial charge in [-0.05, 0) is 36.4 Å². The van der Waals surface area contributed by atoms with Crippen molar-refractivity contribution in [3.05, 3.63) is 52.5 Å². The number of carbonyl (C=O) groups excluding carboxylic acids is 1. The lowest BCUT2D eigenvalue weighted by Crippen LogP contribution is -2.14. The van der Waals surface area contributed by atoms with Crippen LogP contribution in [0, 0.1) is 0 Å². The second-order valence-corrected chi connectivity index (χ2v) is 6.86. The lowest BCUT2D eigenvalue weighted by atomic mass is 10.2. The van der Waals surface area contributed by atoms with Gasteiger partial charge in [0.15, 0.2) is 0 Å². The number of methoxy groups -OCH3 is 1. The molecule has 1 amide bonds. The van der Waals surface area contributed by atoms with Crippen molar-refractivity contribution in [1.82, 2.24) is 10.2 Å². The Morgan fingerprint density at radius 1 is 1.19 bits per heavy atom. The Morgan fingerprint density at radius 3 is 2.77 bits per heavy atom. The Balaban J connectivity index is 1.61. The number of benzene rings is 2. The van der Waals surface area contributed by atoms with E-state index in [0.29, 0.717) is 32.9 Å². The fourth-order valence-electron chi connectivity index (χ4n) is 2.10. The number of amides is 1. The Hall–Kier alpha value is -2.22. The van der Waals surface area contributed by atoms with Crippen molar-refractivity contribution in [3.63, 3.8) is 0 Å². The summed E-state index contributed by atoms with van der Waals surface area (Å²) in [6.45, 7) is 0. The van der Waals surface area contributed by atoms with Crippen LogP contribution in [0.25, 0.3) is 11.5 Å². The molecule has 0 radical (unpaired) electrons. The van der Waals surface area contributed by atoms with E-state index in [1.54, 1.807) is 36.4 Å². The van der Waals surface area contributed by atoms with E-state index in [0.717, 1.165) is 11.8 Å². The molecule has 0 saturated carbocycles. The highest BCUT2D eigenvalue weighted by Gasteiger charge is 2.13. The summed E-state index contributed by atoms with van der Waals surface area (Å²) in [5, 5.41) is 12.0. The molecule has 2 aromatic carbocycles. The average molecular weight is 410 g/mol. The fraction of sp³-hybridized carbons (Fsp3) is 0.118. The second-order valence-electron chi connectivity index (χ2n) is 5.06. The molecule has 0 unspecified atom stereocenters. The molecular weight excluding hydrogens is 397 g/mol. The molecule has 0 bridgehead atoms. The summed E-state index contributed by atoms with van der Waals surface area (Å²) >= 11 is 13.0. The number of hydrogen-bond donors (Lipinski definition) is 1. The minimum atomic E-state index is -0.252. The van der Waals surface area contributed by atoms with Crippen LogP contribution >= 0.6 is 35.0 Å². The summed E-state index contributed by atoms with van der Waals surface area (Å²) in [7, 11) is 1.52. The van der Waals surface area contributed by atoms with Crippen molar-refractivity contribution in [3.8, 4) is 17.2 Å². The number of thioether (sulfide) groups is 1. The molecule has 6 nitrogen and oxygen atoms in total. The van der Waals surface area contributed by atoms with Gasteiger partial charge in [-0.15, -0.1) is 10.2 Å². The quantitative estimate of drug-likeness (QED) is 0.590.